The fourth-order valence-electron chi connectivity index (χ4n) is 3.11. The van der Waals surface area contributed by atoms with E-state index in [2.05, 4.69) is 25.1 Å². The van der Waals surface area contributed by atoms with Gasteiger partial charge >= 0.3 is 0 Å². The molecule has 116 valence electrons. The van der Waals surface area contributed by atoms with Crippen LogP contribution in [0.4, 0.5) is 17.8 Å². The Morgan fingerprint density at radius 1 is 0.667 bits per heavy atom. The maximum absolute atomic E-state index is 4.75. The minimum Gasteiger partial charge on any atom is -0.357 e. The summed E-state index contributed by atoms with van der Waals surface area (Å²) in [5.74, 6) is 2.37. The molecular weight excluding hydrogens is 264 g/mol. The first-order valence-electron chi connectivity index (χ1n) is 8.30. The first-order chi connectivity index (χ1) is 10.4. The van der Waals surface area contributed by atoms with E-state index >= 15 is 0 Å². The van der Waals surface area contributed by atoms with Gasteiger partial charge in [-0.3, -0.25) is 0 Å². The second-order valence-corrected chi connectivity index (χ2v) is 5.96. The molecule has 1 aromatic rings. The molecule has 21 heavy (non-hydrogen) atoms. The Labute approximate surface area is 127 Å². The zero-order chi connectivity index (χ0) is 14.5. The molecule has 2 aliphatic rings. The molecule has 0 saturated carbocycles. The van der Waals surface area contributed by atoms with Crippen LogP contribution in [0.15, 0.2) is 0 Å². The van der Waals surface area contributed by atoms with Gasteiger partial charge in [0, 0.05) is 33.2 Å². The van der Waals surface area contributed by atoms with Crippen LogP contribution in [-0.2, 0) is 0 Å². The number of aromatic nitrogens is 3. The normalized spacial score (nSPS) is 20.2. The first kappa shape index (κ1) is 14.4. The zero-order valence-corrected chi connectivity index (χ0v) is 13.0. The fourth-order valence-corrected chi connectivity index (χ4v) is 3.11. The second-order valence-electron chi connectivity index (χ2n) is 5.96. The van der Waals surface area contributed by atoms with E-state index in [9.17, 15) is 0 Å². The Balaban J connectivity index is 1.83. The molecule has 0 atom stereocenters. The predicted octanol–water partition coefficient (Wildman–Crippen LogP) is 2.28. The average Bonchev–Trinajstić information content (AvgIpc) is 3.00. The van der Waals surface area contributed by atoms with Gasteiger partial charge in [0.15, 0.2) is 0 Å². The van der Waals surface area contributed by atoms with Crippen molar-refractivity contribution >= 4 is 17.8 Å². The minimum atomic E-state index is 0.684. The average molecular weight is 290 g/mol. The lowest BCUT2D eigenvalue weighted by atomic mass is 10.1. The Morgan fingerprint density at radius 3 is 1.57 bits per heavy atom. The Kier molecular flexibility index (Phi) is 4.72. The molecule has 0 spiro atoms. The van der Waals surface area contributed by atoms with E-state index in [1.54, 1.807) is 0 Å². The molecule has 2 aliphatic heterocycles. The minimum absolute atomic E-state index is 0.684. The molecule has 1 N–H and O–H groups in total. The van der Waals surface area contributed by atoms with Crippen LogP contribution in [0.2, 0.25) is 0 Å². The molecular formula is C15H26N6. The van der Waals surface area contributed by atoms with Crippen molar-refractivity contribution in [1.29, 1.82) is 0 Å². The zero-order valence-electron chi connectivity index (χ0n) is 13.0. The van der Waals surface area contributed by atoms with Crippen LogP contribution in [0.1, 0.15) is 44.9 Å². The van der Waals surface area contributed by atoms with Gasteiger partial charge in [-0.05, 0) is 25.7 Å². The van der Waals surface area contributed by atoms with Gasteiger partial charge in [0.1, 0.15) is 0 Å². The fraction of sp³-hybridized carbons (Fsp3) is 0.800. The molecule has 2 fully saturated rings. The molecule has 0 radical (unpaired) electrons. The summed E-state index contributed by atoms with van der Waals surface area (Å²) in [6.45, 7) is 4.25. The highest BCUT2D eigenvalue weighted by Gasteiger charge is 2.19. The van der Waals surface area contributed by atoms with E-state index in [-0.39, 0.29) is 0 Å². The smallest absolute Gasteiger partial charge is 0.231 e. The van der Waals surface area contributed by atoms with E-state index < -0.39 is 0 Å². The van der Waals surface area contributed by atoms with Gasteiger partial charge in [-0.25, -0.2) is 0 Å². The van der Waals surface area contributed by atoms with Gasteiger partial charge in [0.25, 0.3) is 0 Å². The van der Waals surface area contributed by atoms with Crippen molar-refractivity contribution in [3.05, 3.63) is 0 Å². The Hall–Kier alpha value is -1.59. The Bertz CT molecular complexity index is 449. The molecule has 0 amide bonds. The van der Waals surface area contributed by atoms with Gasteiger partial charge in [0.05, 0.1) is 0 Å². The van der Waals surface area contributed by atoms with Crippen LogP contribution in [0.25, 0.3) is 0 Å². The molecule has 0 unspecified atom stereocenters. The standard InChI is InChI=1S/C15H26N6/c1-16-13-17-14(20-9-5-3-2-4-6-10-20)19-15(18-13)21-11-7-8-12-21/h2-12H2,1H3,(H,16,17,18,19). The summed E-state index contributed by atoms with van der Waals surface area (Å²) < 4.78 is 0. The topological polar surface area (TPSA) is 57.2 Å². The number of nitrogens with one attached hydrogen (secondary N) is 1. The largest absolute Gasteiger partial charge is 0.357 e. The third-order valence-corrected chi connectivity index (χ3v) is 4.36. The van der Waals surface area contributed by atoms with E-state index in [1.807, 2.05) is 7.05 Å². The van der Waals surface area contributed by atoms with Gasteiger partial charge in [-0.2, -0.15) is 15.0 Å². The third-order valence-electron chi connectivity index (χ3n) is 4.36. The van der Waals surface area contributed by atoms with Crippen LogP contribution in [0, 0.1) is 0 Å². The molecule has 2 saturated heterocycles. The summed E-state index contributed by atoms with van der Waals surface area (Å²) >= 11 is 0. The van der Waals surface area contributed by atoms with E-state index in [1.165, 1.54) is 44.9 Å². The van der Waals surface area contributed by atoms with E-state index in [4.69, 9.17) is 4.98 Å². The highest BCUT2D eigenvalue weighted by atomic mass is 15.4. The number of hydrogen-bond donors (Lipinski definition) is 1. The van der Waals surface area contributed by atoms with Crippen molar-refractivity contribution in [2.75, 3.05) is 48.3 Å². The summed E-state index contributed by atoms with van der Waals surface area (Å²) in [6.07, 6.45) is 8.95. The summed E-state index contributed by atoms with van der Waals surface area (Å²) in [7, 11) is 1.88. The lowest BCUT2D eigenvalue weighted by Crippen LogP contribution is -2.30. The van der Waals surface area contributed by atoms with Crippen molar-refractivity contribution in [3.8, 4) is 0 Å². The van der Waals surface area contributed by atoms with Crippen molar-refractivity contribution in [1.82, 2.24) is 15.0 Å². The monoisotopic (exact) mass is 290 g/mol. The summed E-state index contributed by atoms with van der Waals surface area (Å²) in [5.41, 5.74) is 0. The summed E-state index contributed by atoms with van der Waals surface area (Å²) in [4.78, 5) is 18.5. The SMILES string of the molecule is CNc1nc(N2CCCCCCC2)nc(N2CCCC2)n1. The van der Waals surface area contributed by atoms with Gasteiger partial charge in [-0.15, -0.1) is 0 Å². The number of anilines is 3. The van der Waals surface area contributed by atoms with Crippen LogP contribution < -0.4 is 15.1 Å². The highest BCUT2D eigenvalue weighted by Crippen LogP contribution is 2.22. The van der Waals surface area contributed by atoms with E-state index in [0.29, 0.717) is 5.95 Å². The molecule has 0 aliphatic carbocycles. The van der Waals surface area contributed by atoms with Crippen LogP contribution in [0.5, 0.6) is 0 Å². The van der Waals surface area contributed by atoms with Crippen molar-refractivity contribution < 1.29 is 0 Å². The highest BCUT2D eigenvalue weighted by molar-refractivity contribution is 5.45. The summed E-state index contributed by atoms with van der Waals surface area (Å²) in [6, 6.07) is 0. The number of nitrogens with zero attached hydrogens (tertiary/aromatic N) is 5. The first-order valence-corrected chi connectivity index (χ1v) is 8.30. The second kappa shape index (κ2) is 6.91. The van der Waals surface area contributed by atoms with Gasteiger partial charge in [0.2, 0.25) is 17.8 Å². The molecule has 6 nitrogen and oxygen atoms in total. The maximum Gasteiger partial charge on any atom is 0.231 e. The van der Waals surface area contributed by atoms with Crippen molar-refractivity contribution in [3.63, 3.8) is 0 Å². The molecule has 6 heteroatoms. The maximum atomic E-state index is 4.75. The van der Waals surface area contributed by atoms with Gasteiger partial charge < -0.3 is 15.1 Å². The molecule has 3 heterocycles. The van der Waals surface area contributed by atoms with Crippen molar-refractivity contribution in [2.24, 2.45) is 0 Å². The molecule has 0 bridgehead atoms. The quantitative estimate of drug-likeness (QED) is 0.921. The van der Waals surface area contributed by atoms with E-state index in [0.717, 1.165) is 38.1 Å². The molecule has 1 aromatic heterocycles. The third kappa shape index (κ3) is 3.54. The molecule has 3 rings (SSSR count). The van der Waals surface area contributed by atoms with Gasteiger partial charge in [-0.1, -0.05) is 19.3 Å². The molecule has 0 aromatic carbocycles. The van der Waals surface area contributed by atoms with Crippen LogP contribution in [-0.4, -0.2) is 48.2 Å². The number of hydrogen-bond acceptors (Lipinski definition) is 6. The predicted molar refractivity (Wildman–Crippen MR) is 86.1 cm³/mol. The Morgan fingerprint density at radius 2 is 1.10 bits per heavy atom. The van der Waals surface area contributed by atoms with Crippen LogP contribution >= 0.6 is 0 Å². The lowest BCUT2D eigenvalue weighted by Gasteiger charge is -2.26. The lowest BCUT2D eigenvalue weighted by molar-refractivity contribution is 0.550. The van der Waals surface area contributed by atoms with Crippen molar-refractivity contribution in [2.45, 2.75) is 44.9 Å². The number of rotatable bonds is 3. The summed E-state index contributed by atoms with van der Waals surface area (Å²) in [5, 5.41) is 3.08. The van der Waals surface area contributed by atoms with Crippen LogP contribution in [0.3, 0.4) is 0 Å².